The third-order valence-electron chi connectivity index (χ3n) is 4.22. The van der Waals surface area contributed by atoms with Gasteiger partial charge in [0, 0.05) is 11.3 Å². The van der Waals surface area contributed by atoms with Crippen molar-refractivity contribution in [3.63, 3.8) is 0 Å². The number of hydrogen-bond acceptors (Lipinski definition) is 5. The molecule has 28 heavy (non-hydrogen) atoms. The van der Waals surface area contributed by atoms with Crippen molar-refractivity contribution in [1.82, 2.24) is 4.98 Å². The standard InChI is InChI=1S/C17H13ClF4N4O2/c1-16(17(21,22)7-28-15(23)26-16)10-5-9(2-3-12(10)20)25-14(27)13-11(18)4-8(19)6-24-13/h2-6H,7H2,1H3,(H2,23,26)(H,25,27)/t16-/m1/s1. The number of halogens is 5. The van der Waals surface area contributed by atoms with Crippen molar-refractivity contribution in [2.24, 2.45) is 10.7 Å². The van der Waals surface area contributed by atoms with Crippen LogP contribution in [-0.2, 0) is 10.3 Å². The molecule has 0 spiro atoms. The van der Waals surface area contributed by atoms with E-state index in [-0.39, 0.29) is 16.4 Å². The monoisotopic (exact) mass is 416 g/mol. The first-order chi connectivity index (χ1) is 13.0. The lowest BCUT2D eigenvalue weighted by Gasteiger charge is -2.37. The molecule has 2 aromatic rings. The van der Waals surface area contributed by atoms with Crippen LogP contribution >= 0.6 is 11.6 Å². The molecule has 0 unspecified atom stereocenters. The Balaban J connectivity index is 1.98. The van der Waals surface area contributed by atoms with Crippen LogP contribution in [0.25, 0.3) is 0 Å². The zero-order valence-electron chi connectivity index (χ0n) is 14.3. The highest BCUT2D eigenvalue weighted by atomic mass is 35.5. The SMILES string of the molecule is C[C@]1(c2cc(NC(=O)c3ncc(F)cc3Cl)ccc2F)N=C(N)OCC1(F)F. The van der Waals surface area contributed by atoms with Crippen LogP contribution < -0.4 is 11.1 Å². The van der Waals surface area contributed by atoms with Gasteiger partial charge in [0.15, 0.2) is 12.1 Å². The van der Waals surface area contributed by atoms with Gasteiger partial charge in [-0.3, -0.25) is 4.79 Å². The first kappa shape index (κ1) is 19.9. The quantitative estimate of drug-likeness (QED) is 0.750. The molecule has 1 aliphatic rings. The largest absolute Gasteiger partial charge is 0.459 e. The highest BCUT2D eigenvalue weighted by molar-refractivity contribution is 6.34. The number of anilines is 1. The Labute approximate surface area is 161 Å². The maximum Gasteiger partial charge on any atom is 0.310 e. The number of rotatable bonds is 3. The summed E-state index contributed by atoms with van der Waals surface area (Å²) >= 11 is 5.78. The molecule has 1 aromatic carbocycles. The Hall–Kier alpha value is -2.88. The molecule has 0 radical (unpaired) electrons. The van der Waals surface area contributed by atoms with Gasteiger partial charge in [0.25, 0.3) is 11.9 Å². The maximum atomic E-state index is 14.4. The van der Waals surface area contributed by atoms with Crippen molar-refractivity contribution in [3.8, 4) is 0 Å². The van der Waals surface area contributed by atoms with Gasteiger partial charge in [0.05, 0.1) is 11.2 Å². The molecule has 1 amide bonds. The van der Waals surface area contributed by atoms with Gasteiger partial charge in [-0.05, 0) is 31.2 Å². The number of carbonyl (C=O) groups is 1. The first-order valence-corrected chi connectivity index (χ1v) is 8.20. The molecule has 0 saturated heterocycles. The second-order valence-electron chi connectivity index (χ2n) is 6.15. The average Bonchev–Trinajstić information content (AvgIpc) is 2.60. The van der Waals surface area contributed by atoms with E-state index in [9.17, 15) is 22.4 Å². The van der Waals surface area contributed by atoms with E-state index in [1.807, 2.05) is 0 Å². The predicted molar refractivity (Wildman–Crippen MR) is 93.4 cm³/mol. The lowest BCUT2D eigenvalue weighted by molar-refractivity contribution is -0.117. The molecular formula is C17H13ClF4N4O2. The summed E-state index contributed by atoms with van der Waals surface area (Å²) in [6.07, 6.45) is 0.790. The molecule has 3 rings (SSSR count). The molecule has 0 bridgehead atoms. The second kappa shape index (κ2) is 6.93. The number of benzene rings is 1. The minimum Gasteiger partial charge on any atom is -0.459 e. The normalized spacial score (nSPS) is 20.9. The highest BCUT2D eigenvalue weighted by Crippen LogP contribution is 2.44. The molecule has 1 aromatic heterocycles. The van der Waals surface area contributed by atoms with Crippen molar-refractivity contribution < 1.29 is 27.1 Å². The van der Waals surface area contributed by atoms with Crippen LogP contribution in [0, 0.1) is 11.6 Å². The third kappa shape index (κ3) is 3.47. The maximum absolute atomic E-state index is 14.4. The van der Waals surface area contributed by atoms with E-state index in [0.29, 0.717) is 0 Å². The Kier molecular flexibility index (Phi) is 4.92. The van der Waals surface area contributed by atoms with E-state index in [1.54, 1.807) is 0 Å². The number of nitrogens with zero attached hydrogens (tertiary/aromatic N) is 2. The third-order valence-corrected chi connectivity index (χ3v) is 4.51. The van der Waals surface area contributed by atoms with E-state index in [1.165, 1.54) is 0 Å². The number of nitrogens with two attached hydrogens (primary N) is 1. The molecule has 1 aliphatic heterocycles. The van der Waals surface area contributed by atoms with Gasteiger partial charge < -0.3 is 15.8 Å². The Morgan fingerprint density at radius 3 is 2.71 bits per heavy atom. The van der Waals surface area contributed by atoms with Gasteiger partial charge in [-0.25, -0.2) is 18.8 Å². The fraction of sp³-hybridized carbons (Fsp3) is 0.235. The number of nitrogens with one attached hydrogen (secondary N) is 1. The minimum absolute atomic E-state index is 0.0270. The molecule has 2 heterocycles. The molecule has 0 saturated carbocycles. The summed E-state index contributed by atoms with van der Waals surface area (Å²) < 4.78 is 60.9. The second-order valence-corrected chi connectivity index (χ2v) is 6.56. The van der Waals surface area contributed by atoms with Gasteiger partial charge in [0.2, 0.25) is 0 Å². The topological polar surface area (TPSA) is 89.6 Å². The molecule has 0 aliphatic carbocycles. The summed E-state index contributed by atoms with van der Waals surface area (Å²) in [4.78, 5) is 19.5. The van der Waals surface area contributed by atoms with E-state index in [2.05, 4.69) is 20.0 Å². The Morgan fingerprint density at radius 2 is 2.04 bits per heavy atom. The summed E-state index contributed by atoms with van der Waals surface area (Å²) in [5.41, 5.74) is 2.22. The number of pyridine rings is 1. The zero-order valence-corrected chi connectivity index (χ0v) is 15.0. The number of alkyl halides is 2. The fourth-order valence-corrected chi connectivity index (χ4v) is 2.88. The van der Waals surface area contributed by atoms with Crippen LogP contribution in [0.3, 0.4) is 0 Å². The van der Waals surface area contributed by atoms with Gasteiger partial charge in [-0.15, -0.1) is 0 Å². The smallest absolute Gasteiger partial charge is 0.310 e. The summed E-state index contributed by atoms with van der Waals surface area (Å²) in [6.45, 7) is -0.0746. The molecule has 6 nitrogen and oxygen atoms in total. The fourth-order valence-electron chi connectivity index (χ4n) is 2.64. The number of amidine groups is 1. The van der Waals surface area contributed by atoms with E-state index >= 15 is 0 Å². The zero-order chi connectivity index (χ0) is 20.7. The molecule has 11 heteroatoms. The number of aromatic nitrogens is 1. The number of carbonyl (C=O) groups excluding carboxylic acids is 1. The van der Waals surface area contributed by atoms with Gasteiger partial charge in [-0.2, -0.15) is 8.78 Å². The Morgan fingerprint density at radius 1 is 1.32 bits per heavy atom. The molecule has 148 valence electrons. The van der Waals surface area contributed by atoms with Crippen molar-refractivity contribution in [2.75, 3.05) is 11.9 Å². The van der Waals surface area contributed by atoms with Crippen LogP contribution in [0.2, 0.25) is 5.02 Å². The van der Waals surface area contributed by atoms with Crippen LogP contribution in [0.1, 0.15) is 23.0 Å². The summed E-state index contributed by atoms with van der Waals surface area (Å²) in [6, 6.07) is 3.43. The van der Waals surface area contributed by atoms with Crippen LogP contribution in [0.5, 0.6) is 0 Å². The van der Waals surface area contributed by atoms with E-state index in [4.69, 9.17) is 17.3 Å². The summed E-state index contributed by atoms with van der Waals surface area (Å²) in [7, 11) is 0. The average molecular weight is 417 g/mol. The van der Waals surface area contributed by atoms with Crippen molar-refractivity contribution in [3.05, 3.63) is 58.4 Å². The first-order valence-electron chi connectivity index (χ1n) is 7.82. The number of aliphatic imine (C=N–C) groups is 1. The van der Waals surface area contributed by atoms with Crippen LogP contribution in [0.4, 0.5) is 23.2 Å². The van der Waals surface area contributed by atoms with E-state index < -0.39 is 47.2 Å². The van der Waals surface area contributed by atoms with Gasteiger partial charge >= 0.3 is 5.92 Å². The molecule has 3 N–H and O–H groups in total. The minimum atomic E-state index is -3.57. The summed E-state index contributed by atoms with van der Waals surface area (Å²) in [5, 5.41) is 2.10. The lowest BCUT2D eigenvalue weighted by Crippen LogP contribution is -2.51. The number of ether oxygens (including phenoxy) is 1. The molecular weight excluding hydrogens is 404 g/mol. The molecule has 0 fully saturated rings. The van der Waals surface area contributed by atoms with E-state index in [0.717, 1.165) is 37.4 Å². The van der Waals surface area contributed by atoms with Crippen molar-refractivity contribution >= 4 is 29.2 Å². The lowest BCUT2D eigenvalue weighted by atomic mass is 9.85. The van der Waals surface area contributed by atoms with Crippen LogP contribution in [0.15, 0.2) is 35.5 Å². The highest BCUT2D eigenvalue weighted by Gasteiger charge is 2.56. The summed E-state index contributed by atoms with van der Waals surface area (Å²) in [5.74, 6) is -6.12. The predicted octanol–water partition coefficient (Wildman–Crippen LogP) is 3.46. The van der Waals surface area contributed by atoms with Crippen molar-refractivity contribution in [2.45, 2.75) is 18.4 Å². The van der Waals surface area contributed by atoms with Gasteiger partial charge in [0.1, 0.15) is 17.3 Å². The van der Waals surface area contributed by atoms with Crippen molar-refractivity contribution in [1.29, 1.82) is 0 Å². The van der Waals surface area contributed by atoms with Gasteiger partial charge in [-0.1, -0.05) is 11.6 Å². The van der Waals surface area contributed by atoms with Crippen LogP contribution in [-0.4, -0.2) is 29.4 Å². The number of hydrogen-bond donors (Lipinski definition) is 2. The number of amides is 1. The molecule has 1 atom stereocenters. The Bertz CT molecular complexity index is 986.